The fraction of sp³-hybridized carbons (Fsp3) is 0.111. The average molecular weight is 414 g/mol. The molecule has 9 heteroatoms. The van der Waals surface area contributed by atoms with Crippen LogP contribution < -0.4 is 5.32 Å². The third-order valence-corrected chi connectivity index (χ3v) is 4.96. The lowest BCUT2D eigenvalue weighted by Crippen LogP contribution is -2.22. The number of nitrogens with one attached hydrogen (secondary N) is 1. The number of halogens is 4. The number of anilines is 1. The fourth-order valence-corrected chi connectivity index (χ4v) is 3.53. The molecule has 27 heavy (non-hydrogen) atoms. The Labute approximate surface area is 160 Å². The summed E-state index contributed by atoms with van der Waals surface area (Å²) in [6.07, 6.45) is -4.69. The summed E-state index contributed by atoms with van der Waals surface area (Å²) in [6.45, 7) is -0.740. The summed E-state index contributed by atoms with van der Waals surface area (Å²) in [6, 6.07) is 12.1. The van der Waals surface area contributed by atoms with Crippen molar-refractivity contribution in [3.8, 4) is 0 Å². The Morgan fingerprint density at radius 3 is 2.56 bits per heavy atom. The average Bonchev–Trinajstić information content (AvgIpc) is 3.04. The van der Waals surface area contributed by atoms with Gasteiger partial charge in [0.15, 0.2) is 6.61 Å². The van der Waals surface area contributed by atoms with E-state index in [-0.39, 0.29) is 9.90 Å². The van der Waals surface area contributed by atoms with E-state index in [4.69, 9.17) is 16.3 Å². The molecule has 4 nitrogen and oxygen atoms in total. The molecule has 0 bridgehead atoms. The van der Waals surface area contributed by atoms with Crippen LogP contribution in [0.3, 0.4) is 0 Å². The van der Waals surface area contributed by atoms with Crippen LogP contribution in [0.4, 0.5) is 18.9 Å². The maximum Gasteiger partial charge on any atom is 0.418 e. The quantitative estimate of drug-likeness (QED) is 0.585. The topological polar surface area (TPSA) is 55.4 Å². The Bertz CT molecular complexity index is 983. The Morgan fingerprint density at radius 2 is 1.85 bits per heavy atom. The van der Waals surface area contributed by atoms with E-state index in [1.165, 1.54) is 17.4 Å². The van der Waals surface area contributed by atoms with E-state index in [1.807, 2.05) is 24.3 Å². The van der Waals surface area contributed by atoms with E-state index in [1.54, 1.807) is 6.07 Å². The molecule has 3 rings (SSSR count). The summed E-state index contributed by atoms with van der Waals surface area (Å²) in [4.78, 5) is 24.3. The number of benzene rings is 2. The monoisotopic (exact) mass is 413 g/mol. The fourth-order valence-electron chi connectivity index (χ4n) is 2.35. The van der Waals surface area contributed by atoms with Gasteiger partial charge in [0.25, 0.3) is 5.91 Å². The minimum absolute atomic E-state index is 0.269. The van der Waals surface area contributed by atoms with Crippen LogP contribution >= 0.6 is 22.9 Å². The van der Waals surface area contributed by atoms with Crippen molar-refractivity contribution in [1.29, 1.82) is 0 Å². The number of fused-ring (bicyclic) bond motifs is 1. The zero-order chi connectivity index (χ0) is 19.6. The van der Waals surface area contributed by atoms with Crippen molar-refractivity contribution in [2.75, 3.05) is 11.9 Å². The van der Waals surface area contributed by atoms with Gasteiger partial charge in [-0.1, -0.05) is 35.9 Å². The number of thiophene rings is 1. The molecule has 2 aromatic carbocycles. The highest BCUT2D eigenvalue weighted by Crippen LogP contribution is 2.38. The van der Waals surface area contributed by atoms with Crippen LogP contribution in [0.15, 0.2) is 48.5 Å². The van der Waals surface area contributed by atoms with Crippen LogP contribution in [0, 0.1) is 0 Å². The lowest BCUT2D eigenvalue weighted by atomic mass is 10.1. The van der Waals surface area contributed by atoms with Crippen molar-refractivity contribution in [3.63, 3.8) is 0 Å². The molecule has 1 heterocycles. The molecule has 0 aliphatic carbocycles. The molecule has 0 saturated heterocycles. The lowest BCUT2D eigenvalue weighted by molar-refractivity contribution is -0.137. The van der Waals surface area contributed by atoms with E-state index in [0.717, 1.165) is 22.2 Å². The molecule has 0 radical (unpaired) electrons. The molecule has 0 aliphatic rings. The van der Waals surface area contributed by atoms with Crippen LogP contribution in [0.25, 0.3) is 10.1 Å². The first-order valence-corrected chi connectivity index (χ1v) is 8.76. The van der Waals surface area contributed by atoms with Gasteiger partial charge in [-0.25, -0.2) is 4.79 Å². The minimum atomic E-state index is -4.69. The van der Waals surface area contributed by atoms with Gasteiger partial charge >= 0.3 is 12.1 Å². The predicted octanol–water partition coefficient (Wildman–Crippen LogP) is 5.37. The molecule has 0 aliphatic heterocycles. The largest absolute Gasteiger partial charge is 0.451 e. The Kier molecular flexibility index (Phi) is 5.38. The summed E-state index contributed by atoms with van der Waals surface area (Å²) in [5.41, 5.74) is -1.66. The zero-order valence-corrected chi connectivity index (χ0v) is 15.0. The third-order valence-electron chi connectivity index (χ3n) is 3.54. The summed E-state index contributed by atoms with van der Waals surface area (Å²) in [7, 11) is 0. The third kappa shape index (κ3) is 4.40. The van der Waals surface area contributed by atoms with Crippen molar-refractivity contribution in [1.82, 2.24) is 0 Å². The number of alkyl halides is 3. The van der Waals surface area contributed by atoms with Gasteiger partial charge in [0.2, 0.25) is 0 Å². The lowest BCUT2D eigenvalue weighted by Gasteiger charge is -2.15. The van der Waals surface area contributed by atoms with Crippen molar-refractivity contribution >= 4 is 50.6 Å². The second-order valence-electron chi connectivity index (χ2n) is 5.43. The molecule has 140 valence electrons. The maximum absolute atomic E-state index is 13.0. The first-order chi connectivity index (χ1) is 12.8. The van der Waals surface area contributed by atoms with Gasteiger partial charge in [0.05, 0.1) is 16.3 Å². The van der Waals surface area contributed by atoms with E-state index >= 15 is 0 Å². The summed E-state index contributed by atoms with van der Waals surface area (Å²) in [5.74, 6) is -1.66. The first kappa shape index (κ1) is 19.2. The number of hydrogen-bond donors (Lipinski definition) is 1. The van der Waals surface area contributed by atoms with Crippen molar-refractivity contribution < 1.29 is 27.5 Å². The standard InChI is InChI=1S/C18H11ClF3NO3S/c19-12-6-3-5-11(18(20,21)22)16(12)23-15(24)9-26-17(25)14-8-10-4-1-2-7-13(10)27-14/h1-8H,9H2,(H,23,24). The first-order valence-electron chi connectivity index (χ1n) is 7.57. The van der Waals surface area contributed by atoms with Gasteiger partial charge in [-0.2, -0.15) is 13.2 Å². The molecule has 3 aromatic rings. The highest BCUT2D eigenvalue weighted by atomic mass is 35.5. The van der Waals surface area contributed by atoms with Gasteiger partial charge in [-0.3, -0.25) is 4.79 Å². The predicted molar refractivity (Wildman–Crippen MR) is 97.2 cm³/mol. The second kappa shape index (κ2) is 7.58. The van der Waals surface area contributed by atoms with Gasteiger partial charge < -0.3 is 10.1 Å². The number of rotatable bonds is 4. The highest BCUT2D eigenvalue weighted by Gasteiger charge is 2.34. The zero-order valence-electron chi connectivity index (χ0n) is 13.5. The normalized spacial score (nSPS) is 11.4. The van der Waals surface area contributed by atoms with Crippen LogP contribution in [-0.4, -0.2) is 18.5 Å². The number of carbonyl (C=O) groups excluding carboxylic acids is 2. The van der Waals surface area contributed by atoms with Crippen molar-refractivity contribution in [2.24, 2.45) is 0 Å². The van der Waals surface area contributed by atoms with Crippen molar-refractivity contribution in [2.45, 2.75) is 6.18 Å². The van der Waals surface area contributed by atoms with Crippen LogP contribution in [0.2, 0.25) is 5.02 Å². The number of para-hydroxylation sites is 1. The number of esters is 1. The van der Waals surface area contributed by atoms with E-state index in [2.05, 4.69) is 5.32 Å². The van der Waals surface area contributed by atoms with E-state index < -0.39 is 35.9 Å². The summed E-state index contributed by atoms with van der Waals surface area (Å²) >= 11 is 6.96. The molecular formula is C18H11ClF3NO3S. The molecule has 1 N–H and O–H groups in total. The van der Waals surface area contributed by atoms with Crippen LogP contribution in [0.5, 0.6) is 0 Å². The van der Waals surface area contributed by atoms with Crippen molar-refractivity contribution in [3.05, 3.63) is 64.0 Å². The number of carbonyl (C=O) groups is 2. The molecule has 1 aromatic heterocycles. The molecule has 0 atom stereocenters. The van der Waals surface area contributed by atoms with Gasteiger partial charge in [-0.15, -0.1) is 11.3 Å². The van der Waals surface area contributed by atoms with E-state index in [9.17, 15) is 22.8 Å². The molecule has 0 spiro atoms. The minimum Gasteiger partial charge on any atom is -0.451 e. The van der Waals surface area contributed by atoms with E-state index in [0.29, 0.717) is 0 Å². The maximum atomic E-state index is 13.0. The molecule has 0 unspecified atom stereocenters. The Hall–Kier alpha value is -2.58. The number of ether oxygens (including phenoxy) is 1. The second-order valence-corrected chi connectivity index (χ2v) is 6.92. The molecule has 1 amide bonds. The van der Waals surface area contributed by atoms with Crippen LogP contribution in [0.1, 0.15) is 15.2 Å². The molecular weight excluding hydrogens is 403 g/mol. The SMILES string of the molecule is O=C(COC(=O)c1cc2ccccc2s1)Nc1c(Cl)cccc1C(F)(F)F. The summed E-state index contributed by atoms with van der Waals surface area (Å²) in [5, 5.41) is 2.64. The molecule has 0 saturated carbocycles. The Balaban J connectivity index is 1.67. The smallest absolute Gasteiger partial charge is 0.418 e. The Morgan fingerprint density at radius 1 is 1.11 bits per heavy atom. The van der Waals surface area contributed by atoms with Gasteiger partial charge in [0.1, 0.15) is 4.88 Å². The highest BCUT2D eigenvalue weighted by molar-refractivity contribution is 7.20. The van der Waals surface area contributed by atoms with Gasteiger partial charge in [-0.05, 0) is 29.7 Å². The molecule has 0 fully saturated rings. The van der Waals surface area contributed by atoms with Gasteiger partial charge in [0, 0.05) is 4.70 Å². The van der Waals surface area contributed by atoms with Crippen LogP contribution in [-0.2, 0) is 15.7 Å². The summed E-state index contributed by atoms with van der Waals surface area (Å²) < 4.78 is 44.8. The number of amides is 1. The number of hydrogen-bond acceptors (Lipinski definition) is 4.